The zero-order chi connectivity index (χ0) is 12.4. The maximum atomic E-state index is 6.37. The van der Waals surface area contributed by atoms with E-state index >= 15 is 0 Å². The van der Waals surface area contributed by atoms with Crippen molar-refractivity contribution in [2.24, 2.45) is 0 Å². The molecule has 5 heteroatoms. The third-order valence-electron chi connectivity index (χ3n) is 2.32. The van der Waals surface area contributed by atoms with Crippen molar-refractivity contribution in [2.75, 3.05) is 7.11 Å². The number of rotatable bonds is 3. The first-order valence-corrected chi connectivity index (χ1v) is 6.85. The van der Waals surface area contributed by atoms with E-state index < -0.39 is 0 Å². The van der Waals surface area contributed by atoms with Gasteiger partial charge in [-0.05, 0) is 29.8 Å². The third-order valence-corrected chi connectivity index (χ3v) is 4.55. The van der Waals surface area contributed by atoms with Crippen LogP contribution in [0.4, 0.5) is 0 Å². The van der Waals surface area contributed by atoms with Crippen molar-refractivity contribution in [3.63, 3.8) is 0 Å². The Bertz CT molecular complexity index is 524. The lowest BCUT2D eigenvalue weighted by Gasteiger charge is -2.11. The maximum Gasteiger partial charge on any atom is 0.120 e. The lowest BCUT2D eigenvalue weighted by Crippen LogP contribution is -1.92. The SMILES string of the molecule is COc1ccc(C(Cl)c2ccc(Cl)s2)c(Cl)c1. The Kier molecular flexibility index (Phi) is 4.21. The predicted molar refractivity (Wildman–Crippen MR) is 75.0 cm³/mol. The second kappa shape index (κ2) is 5.49. The fourth-order valence-electron chi connectivity index (χ4n) is 1.46. The van der Waals surface area contributed by atoms with Crippen LogP contribution in [0.1, 0.15) is 15.8 Å². The minimum atomic E-state index is -0.286. The van der Waals surface area contributed by atoms with Crippen LogP contribution in [0.2, 0.25) is 9.36 Å². The molecule has 0 N–H and O–H groups in total. The van der Waals surface area contributed by atoms with Gasteiger partial charge in [0, 0.05) is 9.90 Å². The molecule has 0 bridgehead atoms. The third kappa shape index (κ3) is 2.89. The van der Waals surface area contributed by atoms with Gasteiger partial charge >= 0.3 is 0 Å². The first-order valence-electron chi connectivity index (χ1n) is 4.84. The highest BCUT2D eigenvalue weighted by Gasteiger charge is 2.16. The first kappa shape index (κ1) is 13.0. The van der Waals surface area contributed by atoms with E-state index in [2.05, 4.69) is 0 Å². The fourth-order valence-corrected chi connectivity index (χ4v) is 3.25. The summed E-state index contributed by atoms with van der Waals surface area (Å²) in [5.74, 6) is 0.715. The summed E-state index contributed by atoms with van der Waals surface area (Å²) < 4.78 is 5.81. The van der Waals surface area contributed by atoms with E-state index in [0.717, 1.165) is 14.8 Å². The summed E-state index contributed by atoms with van der Waals surface area (Å²) in [4.78, 5) is 0.976. The molecule has 90 valence electrons. The van der Waals surface area contributed by atoms with Crippen molar-refractivity contribution in [3.05, 3.63) is 50.1 Å². The van der Waals surface area contributed by atoms with E-state index in [1.165, 1.54) is 11.3 Å². The average molecular weight is 308 g/mol. The summed E-state index contributed by atoms with van der Waals surface area (Å²) >= 11 is 19.9. The van der Waals surface area contributed by atoms with Crippen molar-refractivity contribution < 1.29 is 4.74 Å². The number of methoxy groups -OCH3 is 1. The van der Waals surface area contributed by atoms with Gasteiger partial charge in [-0.25, -0.2) is 0 Å². The molecule has 1 nitrogen and oxygen atoms in total. The fraction of sp³-hybridized carbons (Fsp3) is 0.167. The summed E-state index contributed by atoms with van der Waals surface area (Å²) in [5, 5.41) is 0.305. The largest absolute Gasteiger partial charge is 0.497 e. The minimum absolute atomic E-state index is 0.286. The van der Waals surface area contributed by atoms with Crippen molar-refractivity contribution in [1.29, 1.82) is 0 Å². The number of hydrogen-bond acceptors (Lipinski definition) is 2. The van der Waals surface area contributed by atoms with E-state index in [-0.39, 0.29) is 5.38 Å². The summed E-state index contributed by atoms with van der Waals surface area (Å²) in [6.45, 7) is 0. The number of hydrogen-bond donors (Lipinski definition) is 0. The molecule has 0 radical (unpaired) electrons. The van der Waals surface area contributed by atoms with Crippen LogP contribution in [0.5, 0.6) is 5.75 Å². The molecule has 1 aromatic carbocycles. The quantitative estimate of drug-likeness (QED) is 0.691. The van der Waals surface area contributed by atoms with Crippen LogP contribution < -0.4 is 4.74 Å². The summed E-state index contributed by atoms with van der Waals surface area (Å²) in [5.41, 5.74) is 0.854. The van der Waals surface area contributed by atoms with Gasteiger partial charge in [0.25, 0.3) is 0 Å². The van der Waals surface area contributed by atoms with Crippen LogP contribution in [0.25, 0.3) is 0 Å². The smallest absolute Gasteiger partial charge is 0.120 e. The number of alkyl halides is 1. The van der Waals surface area contributed by atoms with Gasteiger partial charge in [0.1, 0.15) is 5.75 Å². The molecule has 0 fully saturated rings. The Hall–Kier alpha value is -0.410. The lowest BCUT2D eigenvalue weighted by molar-refractivity contribution is 0.414. The Morgan fingerprint density at radius 1 is 1.18 bits per heavy atom. The van der Waals surface area contributed by atoms with Gasteiger partial charge in [-0.15, -0.1) is 22.9 Å². The summed E-state index contributed by atoms with van der Waals surface area (Å²) in [6, 6.07) is 9.19. The van der Waals surface area contributed by atoms with Gasteiger partial charge in [0.15, 0.2) is 0 Å². The van der Waals surface area contributed by atoms with Gasteiger partial charge in [-0.3, -0.25) is 0 Å². The van der Waals surface area contributed by atoms with Gasteiger partial charge < -0.3 is 4.74 Å². The normalized spacial score (nSPS) is 12.5. The van der Waals surface area contributed by atoms with Crippen LogP contribution in [0, 0.1) is 0 Å². The van der Waals surface area contributed by atoms with Crippen molar-refractivity contribution in [3.8, 4) is 5.75 Å². The highest BCUT2D eigenvalue weighted by molar-refractivity contribution is 7.16. The van der Waals surface area contributed by atoms with E-state index in [1.54, 1.807) is 13.2 Å². The van der Waals surface area contributed by atoms with Crippen molar-refractivity contribution in [2.45, 2.75) is 5.38 Å². The molecule has 1 atom stereocenters. The van der Waals surface area contributed by atoms with Crippen LogP contribution in [-0.2, 0) is 0 Å². The molecule has 17 heavy (non-hydrogen) atoms. The van der Waals surface area contributed by atoms with Crippen LogP contribution >= 0.6 is 46.1 Å². The Morgan fingerprint density at radius 2 is 1.94 bits per heavy atom. The molecule has 1 heterocycles. The highest BCUT2D eigenvalue weighted by atomic mass is 35.5. The standard InChI is InChI=1S/C12H9Cl3OS/c1-16-7-2-3-8(9(13)6-7)12(15)10-4-5-11(14)17-10/h2-6,12H,1H3. The minimum Gasteiger partial charge on any atom is -0.497 e. The summed E-state index contributed by atoms with van der Waals surface area (Å²) in [7, 11) is 1.60. The van der Waals surface area contributed by atoms with E-state index in [0.29, 0.717) is 10.8 Å². The van der Waals surface area contributed by atoms with Crippen LogP contribution in [0.3, 0.4) is 0 Å². The topological polar surface area (TPSA) is 9.23 Å². The molecular formula is C12H9Cl3OS. The van der Waals surface area contributed by atoms with Crippen LogP contribution in [-0.4, -0.2) is 7.11 Å². The molecule has 0 saturated heterocycles. The number of halogens is 3. The van der Waals surface area contributed by atoms with Crippen molar-refractivity contribution >= 4 is 46.1 Å². The Balaban J connectivity index is 2.34. The number of ether oxygens (including phenoxy) is 1. The van der Waals surface area contributed by atoms with E-state index in [4.69, 9.17) is 39.5 Å². The van der Waals surface area contributed by atoms with Gasteiger partial charge in [-0.2, -0.15) is 0 Å². The molecule has 1 aromatic heterocycles. The second-order valence-electron chi connectivity index (χ2n) is 3.39. The number of benzene rings is 1. The molecule has 0 aliphatic heterocycles. The molecule has 0 aliphatic rings. The predicted octanol–water partition coefficient (Wildman–Crippen LogP) is 5.39. The second-order valence-corrected chi connectivity index (χ2v) is 5.98. The molecule has 1 unspecified atom stereocenters. The monoisotopic (exact) mass is 306 g/mol. The van der Waals surface area contributed by atoms with Crippen molar-refractivity contribution in [1.82, 2.24) is 0 Å². The molecule has 0 amide bonds. The molecule has 2 aromatic rings. The Labute approximate surface area is 119 Å². The Morgan fingerprint density at radius 3 is 2.47 bits per heavy atom. The van der Waals surface area contributed by atoms with Crippen LogP contribution in [0.15, 0.2) is 30.3 Å². The molecule has 0 aliphatic carbocycles. The van der Waals surface area contributed by atoms with Gasteiger partial charge in [0.05, 0.1) is 16.8 Å². The average Bonchev–Trinajstić information content (AvgIpc) is 2.75. The summed E-state index contributed by atoms with van der Waals surface area (Å²) in [6.07, 6.45) is 0. The van der Waals surface area contributed by atoms with Gasteiger partial charge in [0.2, 0.25) is 0 Å². The molecule has 2 rings (SSSR count). The molecule has 0 saturated carbocycles. The highest BCUT2D eigenvalue weighted by Crippen LogP contribution is 2.39. The maximum absolute atomic E-state index is 6.37. The zero-order valence-electron chi connectivity index (χ0n) is 8.91. The molecule has 0 spiro atoms. The first-order chi connectivity index (χ1) is 8.11. The molecular weight excluding hydrogens is 299 g/mol. The zero-order valence-corrected chi connectivity index (χ0v) is 12.0. The van der Waals surface area contributed by atoms with E-state index in [1.807, 2.05) is 24.3 Å². The van der Waals surface area contributed by atoms with E-state index in [9.17, 15) is 0 Å². The van der Waals surface area contributed by atoms with Gasteiger partial charge in [-0.1, -0.05) is 29.3 Å². The lowest BCUT2D eigenvalue weighted by atomic mass is 10.1. The number of thiophene rings is 1.